The van der Waals surface area contributed by atoms with Gasteiger partial charge in [-0.05, 0) is 37.4 Å². The highest BCUT2D eigenvalue weighted by Crippen LogP contribution is 2.24. The van der Waals surface area contributed by atoms with Crippen molar-refractivity contribution in [2.24, 2.45) is 0 Å². The summed E-state index contributed by atoms with van der Waals surface area (Å²) in [6.45, 7) is 3.87. The molecule has 19 heavy (non-hydrogen) atoms. The van der Waals surface area contributed by atoms with Gasteiger partial charge in [-0.25, -0.2) is 0 Å². The smallest absolute Gasteiger partial charge is 0.296 e. The Labute approximate surface area is 112 Å². The number of hydrogen-bond donors (Lipinski definition) is 0. The van der Waals surface area contributed by atoms with E-state index in [1.165, 1.54) is 31.4 Å². The Morgan fingerprint density at radius 2 is 2.26 bits per heavy atom. The minimum atomic E-state index is -0.743. The minimum Gasteiger partial charge on any atom is -0.296 e. The molecule has 1 heterocycles. The highest BCUT2D eigenvalue weighted by atomic mass is 19.1. The van der Waals surface area contributed by atoms with E-state index in [0.29, 0.717) is 12.6 Å². The average molecular weight is 266 g/mol. The molecule has 0 spiro atoms. The highest BCUT2D eigenvalue weighted by molar-refractivity contribution is 5.35. The first-order valence-electron chi connectivity index (χ1n) is 6.78. The molecule has 1 aromatic rings. The molecule has 5 heteroatoms. The summed E-state index contributed by atoms with van der Waals surface area (Å²) in [6, 6.07) is 4.75. The van der Waals surface area contributed by atoms with Crippen molar-refractivity contribution in [2.45, 2.75) is 45.2 Å². The van der Waals surface area contributed by atoms with Gasteiger partial charge in [0.2, 0.25) is 5.82 Å². The van der Waals surface area contributed by atoms with Crippen LogP contribution in [0.15, 0.2) is 18.2 Å². The summed E-state index contributed by atoms with van der Waals surface area (Å²) in [5, 5.41) is 10.6. The second-order valence-corrected chi connectivity index (χ2v) is 5.07. The largest absolute Gasteiger partial charge is 0.304 e. The number of rotatable bonds is 4. The van der Waals surface area contributed by atoms with Gasteiger partial charge >= 0.3 is 5.69 Å². The fourth-order valence-electron chi connectivity index (χ4n) is 2.76. The molecule has 2 rings (SSSR count). The molecular weight excluding hydrogens is 247 g/mol. The van der Waals surface area contributed by atoms with Crippen LogP contribution in [0.3, 0.4) is 0 Å². The summed E-state index contributed by atoms with van der Waals surface area (Å²) in [7, 11) is 0. The molecule has 0 aromatic heterocycles. The Bertz CT molecular complexity index is 465. The molecule has 0 amide bonds. The van der Waals surface area contributed by atoms with Crippen molar-refractivity contribution in [1.82, 2.24) is 4.90 Å². The van der Waals surface area contributed by atoms with Crippen molar-refractivity contribution in [2.75, 3.05) is 6.54 Å². The van der Waals surface area contributed by atoms with Gasteiger partial charge in [0, 0.05) is 18.7 Å². The molecule has 1 atom stereocenters. The summed E-state index contributed by atoms with van der Waals surface area (Å²) in [4.78, 5) is 12.2. The van der Waals surface area contributed by atoms with Gasteiger partial charge in [0.15, 0.2) is 0 Å². The van der Waals surface area contributed by atoms with Crippen LogP contribution in [0.4, 0.5) is 10.1 Å². The normalized spacial score (nSPS) is 20.4. The maximum Gasteiger partial charge on any atom is 0.304 e. The van der Waals surface area contributed by atoms with E-state index < -0.39 is 16.4 Å². The number of nitrogens with zero attached hydrogens (tertiary/aromatic N) is 2. The molecule has 4 nitrogen and oxygen atoms in total. The summed E-state index contributed by atoms with van der Waals surface area (Å²) in [5.74, 6) is -0.743. The molecule has 1 unspecified atom stereocenters. The van der Waals surface area contributed by atoms with E-state index in [2.05, 4.69) is 11.8 Å². The number of nitro groups is 1. The third kappa shape index (κ3) is 3.29. The Morgan fingerprint density at radius 3 is 2.89 bits per heavy atom. The number of hydrogen-bond acceptors (Lipinski definition) is 3. The molecule has 1 aliphatic rings. The summed E-state index contributed by atoms with van der Waals surface area (Å²) >= 11 is 0. The molecule has 0 radical (unpaired) electrons. The fraction of sp³-hybridized carbons (Fsp3) is 0.571. The maximum atomic E-state index is 13.6. The highest BCUT2D eigenvalue weighted by Gasteiger charge is 2.21. The van der Waals surface area contributed by atoms with Crippen LogP contribution in [0.2, 0.25) is 0 Å². The Balaban J connectivity index is 2.10. The van der Waals surface area contributed by atoms with Gasteiger partial charge in [-0.3, -0.25) is 15.0 Å². The van der Waals surface area contributed by atoms with E-state index in [1.807, 2.05) is 0 Å². The molecule has 104 valence electrons. The van der Waals surface area contributed by atoms with Crippen molar-refractivity contribution in [1.29, 1.82) is 0 Å². The molecule has 0 aliphatic carbocycles. The summed E-state index contributed by atoms with van der Waals surface area (Å²) in [6.07, 6.45) is 4.71. The number of nitro benzene ring substituents is 1. The van der Waals surface area contributed by atoms with Crippen LogP contribution in [0.25, 0.3) is 0 Å². The van der Waals surface area contributed by atoms with Crippen LogP contribution in [-0.2, 0) is 6.54 Å². The van der Waals surface area contributed by atoms with Crippen molar-refractivity contribution in [3.8, 4) is 0 Å². The van der Waals surface area contributed by atoms with Crippen LogP contribution in [0.5, 0.6) is 0 Å². The standard InChI is InChI=1S/C14H19FN2O2/c1-2-12-5-3-4-8-16(12)10-11-6-7-14(17(18)19)13(15)9-11/h6-7,9,12H,2-5,8,10H2,1H3. The first-order chi connectivity index (χ1) is 9.11. The maximum absolute atomic E-state index is 13.6. The summed E-state index contributed by atoms with van der Waals surface area (Å²) < 4.78 is 13.6. The Kier molecular flexibility index (Phi) is 4.47. The molecule has 0 N–H and O–H groups in total. The second-order valence-electron chi connectivity index (χ2n) is 5.07. The van der Waals surface area contributed by atoms with Gasteiger partial charge in [0.1, 0.15) is 0 Å². The first kappa shape index (κ1) is 13.9. The zero-order valence-corrected chi connectivity index (χ0v) is 11.1. The molecule has 1 aromatic carbocycles. The fourth-order valence-corrected chi connectivity index (χ4v) is 2.76. The number of benzene rings is 1. The monoisotopic (exact) mass is 266 g/mol. The van der Waals surface area contributed by atoms with Crippen LogP contribution in [0, 0.1) is 15.9 Å². The van der Waals surface area contributed by atoms with Crippen molar-refractivity contribution in [3.05, 3.63) is 39.7 Å². The SMILES string of the molecule is CCC1CCCCN1Cc1ccc([N+](=O)[O-])c(F)c1. The van der Waals surface area contributed by atoms with Crippen LogP contribution in [0.1, 0.15) is 38.2 Å². The van der Waals surface area contributed by atoms with Crippen molar-refractivity contribution in [3.63, 3.8) is 0 Å². The van der Waals surface area contributed by atoms with Gasteiger partial charge < -0.3 is 0 Å². The second kappa shape index (κ2) is 6.10. The molecule has 0 saturated carbocycles. The minimum absolute atomic E-state index is 0.450. The lowest BCUT2D eigenvalue weighted by Crippen LogP contribution is -2.38. The molecule has 1 saturated heterocycles. The van der Waals surface area contributed by atoms with E-state index >= 15 is 0 Å². The molecule has 1 fully saturated rings. The zero-order valence-electron chi connectivity index (χ0n) is 11.1. The van der Waals surface area contributed by atoms with Gasteiger partial charge in [-0.15, -0.1) is 0 Å². The molecule has 1 aliphatic heterocycles. The van der Waals surface area contributed by atoms with Gasteiger partial charge in [-0.1, -0.05) is 19.4 Å². The van der Waals surface area contributed by atoms with Crippen molar-refractivity contribution >= 4 is 5.69 Å². The Morgan fingerprint density at radius 1 is 1.47 bits per heavy atom. The topological polar surface area (TPSA) is 46.4 Å². The van der Waals surface area contributed by atoms with Crippen LogP contribution < -0.4 is 0 Å². The van der Waals surface area contributed by atoms with Crippen molar-refractivity contribution < 1.29 is 9.31 Å². The third-order valence-electron chi connectivity index (χ3n) is 3.81. The molecular formula is C14H19FN2O2. The quantitative estimate of drug-likeness (QED) is 0.619. The van der Waals surface area contributed by atoms with Crippen LogP contribution >= 0.6 is 0 Å². The number of piperidine rings is 1. The lowest BCUT2D eigenvalue weighted by Gasteiger charge is -2.35. The van der Waals surface area contributed by atoms with Crippen LogP contribution in [-0.4, -0.2) is 22.4 Å². The van der Waals surface area contributed by atoms with E-state index in [1.54, 1.807) is 6.07 Å². The average Bonchev–Trinajstić information content (AvgIpc) is 2.39. The lowest BCUT2D eigenvalue weighted by molar-refractivity contribution is -0.387. The van der Waals surface area contributed by atoms with E-state index in [-0.39, 0.29) is 0 Å². The van der Waals surface area contributed by atoms with Gasteiger partial charge in [0.05, 0.1) is 4.92 Å². The first-order valence-corrected chi connectivity index (χ1v) is 6.78. The lowest BCUT2D eigenvalue weighted by atomic mass is 9.99. The zero-order chi connectivity index (χ0) is 13.8. The van der Waals surface area contributed by atoms with Gasteiger partial charge in [-0.2, -0.15) is 4.39 Å². The number of halogens is 1. The van der Waals surface area contributed by atoms with Gasteiger partial charge in [0.25, 0.3) is 0 Å². The molecule has 0 bridgehead atoms. The van der Waals surface area contributed by atoms with E-state index in [9.17, 15) is 14.5 Å². The Hall–Kier alpha value is -1.49. The van der Waals surface area contributed by atoms with E-state index in [4.69, 9.17) is 0 Å². The predicted octanol–water partition coefficient (Wildman–Crippen LogP) is 3.50. The number of likely N-dealkylation sites (tertiary alicyclic amines) is 1. The predicted molar refractivity (Wildman–Crippen MR) is 71.4 cm³/mol. The van der Waals surface area contributed by atoms with E-state index in [0.717, 1.165) is 18.5 Å². The third-order valence-corrected chi connectivity index (χ3v) is 3.81. The summed E-state index contributed by atoms with van der Waals surface area (Å²) in [5.41, 5.74) is 0.359.